The van der Waals surface area contributed by atoms with Gasteiger partial charge in [0.1, 0.15) is 18.1 Å². The second-order valence-corrected chi connectivity index (χ2v) is 4.99. The van der Waals surface area contributed by atoms with E-state index < -0.39 is 0 Å². The van der Waals surface area contributed by atoms with Crippen LogP contribution >= 0.6 is 0 Å². The predicted octanol–water partition coefficient (Wildman–Crippen LogP) is 2.95. The lowest BCUT2D eigenvalue weighted by molar-refractivity contribution is 0.301. The molecule has 2 aromatic rings. The molecule has 0 saturated carbocycles. The van der Waals surface area contributed by atoms with Crippen molar-refractivity contribution >= 4 is 0 Å². The van der Waals surface area contributed by atoms with E-state index in [-0.39, 0.29) is 6.04 Å². The molecule has 0 amide bonds. The first-order chi connectivity index (χ1) is 10.2. The smallest absolute Gasteiger partial charge is 0.123 e. The van der Waals surface area contributed by atoms with Gasteiger partial charge in [-0.25, -0.2) is 0 Å². The van der Waals surface area contributed by atoms with E-state index >= 15 is 0 Å². The van der Waals surface area contributed by atoms with Crippen molar-refractivity contribution in [3.63, 3.8) is 0 Å². The molecule has 1 atom stereocenters. The summed E-state index contributed by atoms with van der Waals surface area (Å²) in [5, 5.41) is 0. The van der Waals surface area contributed by atoms with Gasteiger partial charge in [-0.3, -0.25) is 4.98 Å². The molecule has 21 heavy (non-hydrogen) atoms. The molecule has 0 spiro atoms. The summed E-state index contributed by atoms with van der Waals surface area (Å²) in [4.78, 5) is 4.00. The molecular weight excluding hydrogens is 264 g/mol. The number of pyridine rings is 1. The van der Waals surface area contributed by atoms with Gasteiger partial charge in [0.15, 0.2) is 0 Å². The first-order valence-electron chi connectivity index (χ1n) is 7.17. The van der Waals surface area contributed by atoms with Crippen molar-refractivity contribution in [1.29, 1.82) is 0 Å². The lowest BCUT2D eigenvalue weighted by Crippen LogP contribution is -2.21. The van der Waals surface area contributed by atoms with Crippen LogP contribution in [0.3, 0.4) is 0 Å². The highest BCUT2D eigenvalue weighted by Gasteiger charge is 2.10. The molecule has 1 unspecified atom stereocenters. The van der Waals surface area contributed by atoms with Gasteiger partial charge in [0.2, 0.25) is 0 Å². The molecule has 0 aliphatic rings. The summed E-state index contributed by atoms with van der Waals surface area (Å²) in [6.45, 7) is 2.60. The number of ether oxygens (including phenoxy) is 2. The second-order valence-electron chi connectivity index (χ2n) is 4.99. The fourth-order valence-corrected chi connectivity index (χ4v) is 2.05. The average Bonchev–Trinajstić information content (AvgIpc) is 2.54. The molecule has 1 aromatic carbocycles. The van der Waals surface area contributed by atoms with Crippen LogP contribution in [-0.2, 0) is 13.0 Å². The third-order valence-corrected chi connectivity index (χ3v) is 3.42. The van der Waals surface area contributed by atoms with Crippen LogP contribution < -0.4 is 15.2 Å². The summed E-state index contributed by atoms with van der Waals surface area (Å²) in [6.07, 6.45) is 5.24. The van der Waals surface area contributed by atoms with Gasteiger partial charge in [-0.05, 0) is 54.3 Å². The maximum Gasteiger partial charge on any atom is 0.123 e. The van der Waals surface area contributed by atoms with Crippen molar-refractivity contribution in [1.82, 2.24) is 4.98 Å². The molecule has 1 aromatic heterocycles. The summed E-state index contributed by atoms with van der Waals surface area (Å²) in [7, 11) is 1.66. The minimum atomic E-state index is 0.125. The van der Waals surface area contributed by atoms with Gasteiger partial charge in [0.25, 0.3) is 0 Å². The Labute approximate surface area is 125 Å². The van der Waals surface area contributed by atoms with Gasteiger partial charge in [0.05, 0.1) is 7.11 Å². The molecule has 112 valence electrons. The number of nitrogens with zero attached hydrogens (tertiary/aromatic N) is 1. The number of hydrogen-bond acceptors (Lipinski definition) is 4. The maximum atomic E-state index is 6.07. The average molecular weight is 286 g/mol. The maximum absolute atomic E-state index is 6.07. The molecule has 0 fully saturated rings. The van der Waals surface area contributed by atoms with Crippen LogP contribution in [0.1, 0.15) is 24.5 Å². The molecule has 1 heterocycles. The number of rotatable bonds is 7. The topological polar surface area (TPSA) is 57.4 Å². The van der Waals surface area contributed by atoms with Crippen LogP contribution in [0.15, 0.2) is 42.7 Å². The van der Waals surface area contributed by atoms with Gasteiger partial charge < -0.3 is 15.2 Å². The summed E-state index contributed by atoms with van der Waals surface area (Å²) >= 11 is 0. The van der Waals surface area contributed by atoms with Gasteiger partial charge in [-0.15, -0.1) is 0 Å². The monoisotopic (exact) mass is 286 g/mol. The Morgan fingerprint density at radius 2 is 1.95 bits per heavy atom. The molecule has 4 nitrogen and oxygen atoms in total. The zero-order valence-corrected chi connectivity index (χ0v) is 12.6. The number of methoxy groups -OCH3 is 1. The zero-order chi connectivity index (χ0) is 15.1. The molecule has 2 N–H and O–H groups in total. The van der Waals surface area contributed by atoms with Gasteiger partial charge in [-0.2, -0.15) is 0 Å². The largest absolute Gasteiger partial charge is 0.497 e. The molecule has 0 aliphatic carbocycles. The quantitative estimate of drug-likeness (QED) is 0.850. The molecule has 0 radical (unpaired) electrons. The Balaban J connectivity index is 2.13. The minimum absolute atomic E-state index is 0.125. The molecular formula is C17H22N2O2. The number of hydrogen-bond donors (Lipinski definition) is 1. The van der Waals surface area contributed by atoms with E-state index in [0.29, 0.717) is 6.61 Å². The third-order valence-electron chi connectivity index (χ3n) is 3.42. The highest BCUT2D eigenvalue weighted by atomic mass is 16.5. The highest BCUT2D eigenvalue weighted by molar-refractivity contribution is 5.41. The summed E-state index contributed by atoms with van der Waals surface area (Å²) in [5.41, 5.74) is 8.24. The Hall–Kier alpha value is -2.07. The number of nitrogens with two attached hydrogens (primary N) is 1. The molecule has 0 bridgehead atoms. The molecule has 2 rings (SSSR count). The molecule has 4 heteroatoms. The van der Waals surface area contributed by atoms with E-state index in [1.165, 1.54) is 0 Å². The number of benzene rings is 1. The number of aromatic nitrogens is 1. The van der Waals surface area contributed by atoms with E-state index in [2.05, 4.69) is 11.9 Å². The van der Waals surface area contributed by atoms with Gasteiger partial charge in [0, 0.05) is 18.4 Å². The molecule has 0 saturated heterocycles. The standard InChI is InChI=1S/C17H22N2O2/c1-3-15(18)10-14-11-16(20-2)4-5-17(14)21-12-13-6-8-19-9-7-13/h4-9,11,15H,3,10,12,18H2,1-2H3. The van der Waals surface area contributed by atoms with Crippen LogP contribution in [0.25, 0.3) is 0 Å². The Kier molecular flexibility index (Phi) is 5.58. The summed E-state index contributed by atoms with van der Waals surface area (Å²) in [6, 6.07) is 9.86. The van der Waals surface area contributed by atoms with Crippen molar-refractivity contribution in [3.8, 4) is 11.5 Å². The van der Waals surface area contributed by atoms with Crippen LogP contribution in [-0.4, -0.2) is 18.1 Å². The lowest BCUT2D eigenvalue weighted by Gasteiger charge is -2.15. The van der Waals surface area contributed by atoms with Crippen LogP contribution in [0.2, 0.25) is 0 Å². The van der Waals surface area contributed by atoms with Crippen molar-refractivity contribution in [2.75, 3.05) is 7.11 Å². The van der Waals surface area contributed by atoms with Crippen LogP contribution in [0, 0.1) is 0 Å². The normalized spacial score (nSPS) is 12.0. The van der Waals surface area contributed by atoms with E-state index in [1.54, 1.807) is 19.5 Å². The first-order valence-corrected chi connectivity index (χ1v) is 7.17. The van der Waals surface area contributed by atoms with Gasteiger partial charge in [-0.1, -0.05) is 6.92 Å². The first kappa shape index (κ1) is 15.3. The van der Waals surface area contributed by atoms with E-state index in [9.17, 15) is 0 Å². The fourth-order valence-electron chi connectivity index (χ4n) is 2.05. The summed E-state index contributed by atoms with van der Waals surface area (Å²) < 4.78 is 11.2. The SMILES string of the molecule is CCC(N)Cc1cc(OC)ccc1OCc1ccncc1. The predicted molar refractivity (Wildman–Crippen MR) is 83.5 cm³/mol. The van der Waals surface area contributed by atoms with Crippen LogP contribution in [0.4, 0.5) is 0 Å². The van der Waals surface area contributed by atoms with E-state index in [4.69, 9.17) is 15.2 Å². The van der Waals surface area contributed by atoms with Gasteiger partial charge >= 0.3 is 0 Å². The van der Waals surface area contributed by atoms with Crippen molar-refractivity contribution in [3.05, 3.63) is 53.9 Å². The molecule has 0 aliphatic heterocycles. The highest BCUT2D eigenvalue weighted by Crippen LogP contribution is 2.26. The lowest BCUT2D eigenvalue weighted by atomic mass is 10.0. The minimum Gasteiger partial charge on any atom is -0.497 e. The van der Waals surface area contributed by atoms with E-state index in [1.807, 2.05) is 30.3 Å². The Bertz CT molecular complexity index is 558. The van der Waals surface area contributed by atoms with E-state index in [0.717, 1.165) is 35.5 Å². The Morgan fingerprint density at radius 3 is 2.62 bits per heavy atom. The Morgan fingerprint density at radius 1 is 1.19 bits per heavy atom. The third kappa shape index (κ3) is 4.46. The summed E-state index contributed by atoms with van der Waals surface area (Å²) in [5.74, 6) is 1.68. The van der Waals surface area contributed by atoms with Crippen molar-refractivity contribution in [2.24, 2.45) is 5.73 Å². The zero-order valence-electron chi connectivity index (χ0n) is 12.6. The fraction of sp³-hybridized carbons (Fsp3) is 0.353. The van der Waals surface area contributed by atoms with Crippen molar-refractivity contribution in [2.45, 2.75) is 32.4 Å². The van der Waals surface area contributed by atoms with Crippen molar-refractivity contribution < 1.29 is 9.47 Å². The van der Waals surface area contributed by atoms with Crippen LogP contribution in [0.5, 0.6) is 11.5 Å². The second kappa shape index (κ2) is 7.64.